The van der Waals surface area contributed by atoms with Crippen LogP contribution in [0.1, 0.15) is 82.8 Å². The van der Waals surface area contributed by atoms with E-state index in [1.807, 2.05) is 0 Å². The molecule has 2 atom stereocenters. The van der Waals surface area contributed by atoms with Gasteiger partial charge in [-0.1, -0.05) is 32.9 Å². The Morgan fingerprint density at radius 2 is 1.88 bits per heavy atom. The maximum Gasteiger partial charge on any atom is 0.231 e. The molecule has 1 amide bonds. The van der Waals surface area contributed by atoms with Crippen LogP contribution in [0.4, 0.5) is 5.69 Å². The number of carbonyl (C=O) groups excluding carboxylic acids is 1. The van der Waals surface area contributed by atoms with E-state index in [4.69, 9.17) is 0 Å². The molecule has 138 valence electrons. The predicted molar refractivity (Wildman–Crippen MR) is 105 cm³/mol. The van der Waals surface area contributed by atoms with Gasteiger partial charge in [0.1, 0.15) is 0 Å². The number of anilines is 1. The largest absolute Gasteiger partial charge is 0.325 e. The van der Waals surface area contributed by atoms with Crippen molar-refractivity contribution in [3.8, 4) is 0 Å². The number of hydrogen-bond acceptors (Lipinski definition) is 2. The Hall–Kier alpha value is -1.35. The van der Waals surface area contributed by atoms with Gasteiger partial charge in [0, 0.05) is 11.7 Å². The molecule has 1 aromatic rings. The van der Waals surface area contributed by atoms with E-state index in [-0.39, 0.29) is 11.8 Å². The third-order valence-corrected chi connectivity index (χ3v) is 6.22. The number of hydrogen-bond donors (Lipinski definition) is 1. The SMILES string of the molecule is CCC1C(=O)Nc2cc(C3CCN(C(C)CCC(C)C)CC3)ccc21. The van der Waals surface area contributed by atoms with Crippen molar-refractivity contribution in [1.82, 2.24) is 4.90 Å². The number of nitrogens with zero attached hydrogens (tertiary/aromatic N) is 1. The summed E-state index contributed by atoms with van der Waals surface area (Å²) in [6, 6.07) is 7.40. The first-order valence-electron chi connectivity index (χ1n) is 10.2. The van der Waals surface area contributed by atoms with Gasteiger partial charge in [-0.2, -0.15) is 0 Å². The predicted octanol–water partition coefficient (Wildman–Crippen LogP) is 5.14. The fraction of sp³-hybridized carbons (Fsp3) is 0.682. The fourth-order valence-electron chi connectivity index (χ4n) is 4.44. The van der Waals surface area contributed by atoms with Crippen molar-refractivity contribution in [3.63, 3.8) is 0 Å². The summed E-state index contributed by atoms with van der Waals surface area (Å²) in [4.78, 5) is 14.7. The summed E-state index contributed by atoms with van der Waals surface area (Å²) in [6.07, 6.45) is 5.98. The van der Waals surface area contributed by atoms with Gasteiger partial charge in [0.2, 0.25) is 5.91 Å². The zero-order valence-corrected chi connectivity index (χ0v) is 16.3. The molecule has 0 bridgehead atoms. The molecule has 0 spiro atoms. The van der Waals surface area contributed by atoms with Gasteiger partial charge >= 0.3 is 0 Å². The first-order valence-corrected chi connectivity index (χ1v) is 10.2. The van der Waals surface area contributed by atoms with Crippen molar-refractivity contribution in [2.24, 2.45) is 5.92 Å². The van der Waals surface area contributed by atoms with Gasteiger partial charge in [-0.15, -0.1) is 0 Å². The molecule has 2 heterocycles. The summed E-state index contributed by atoms with van der Waals surface area (Å²) >= 11 is 0. The van der Waals surface area contributed by atoms with E-state index < -0.39 is 0 Å². The van der Waals surface area contributed by atoms with Crippen LogP contribution in [-0.2, 0) is 4.79 Å². The molecule has 2 aliphatic rings. The van der Waals surface area contributed by atoms with Crippen molar-refractivity contribution in [1.29, 1.82) is 0 Å². The molecule has 0 aliphatic carbocycles. The molecular weight excluding hydrogens is 308 g/mol. The van der Waals surface area contributed by atoms with Crippen LogP contribution in [0.15, 0.2) is 18.2 Å². The number of rotatable bonds is 6. The Morgan fingerprint density at radius 1 is 1.16 bits per heavy atom. The summed E-state index contributed by atoms with van der Waals surface area (Å²) in [5.41, 5.74) is 3.66. The zero-order chi connectivity index (χ0) is 18.0. The average molecular weight is 343 g/mol. The molecule has 3 heteroatoms. The molecule has 3 nitrogen and oxygen atoms in total. The monoisotopic (exact) mass is 342 g/mol. The third kappa shape index (κ3) is 4.08. The lowest BCUT2D eigenvalue weighted by atomic mass is 9.87. The molecule has 1 N–H and O–H groups in total. The highest BCUT2D eigenvalue weighted by Crippen LogP contribution is 2.38. The maximum absolute atomic E-state index is 12.1. The molecular formula is C22H34N2O. The van der Waals surface area contributed by atoms with Crippen molar-refractivity contribution in [2.45, 2.75) is 77.7 Å². The first kappa shape index (κ1) is 18.4. The molecule has 25 heavy (non-hydrogen) atoms. The second-order valence-electron chi connectivity index (χ2n) is 8.43. The summed E-state index contributed by atoms with van der Waals surface area (Å²) in [6.45, 7) is 11.5. The van der Waals surface area contributed by atoms with Crippen molar-refractivity contribution in [2.75, 3.05) is 18.4 Å². The molecule has 1 fully saturated rings. The molecule has 0 radical (unpaired) electrons. The lowest BCUT2D eigenvalue weighted by molar-refractivity contribution is -0.117. The van der Waals surface area contributed by atoms with E-state index >= 15 is 0 Å². The van der Waals surface area contributed by atoms with E-state index in [0.29, 0.717) is 12.0 Å². The number of amides is 1. The van der Waals surface area contributed by atoms with E-state index in [1.54, 1.807) is 0 Å². The second-order valence-corrected chi connectivity index (χ2v) is 8.43. The van der Waals surface area contributed by atoms with Gasteiger partial charge in [-0.05, 0) is 81.1 Å². The van der Waals surface area contributed by atoms with Gasteiger partial charge in [-0.25, -0.2) is 0 Å². The molecule has 3 rings (SSSR count). The van der Waals surface area contributed by atoms with E-state index in [2.05, 4.69) is 56.1 Å². The normalized spacial score (nSPS) is 22.9. The molecule has 2 aliphatic heterocycles. The summed E-state index contributed by atoms with van der Waals surface area (Å²) < 4.78 is 0. The summed E-state index contributed by atoms with van der Waals surface area (Å²) in [5, 5.41) is 3.08. The van der Waals surface area contributed by atoms with Gasteiger partial charge in [0.05, 0.1) is 5.92 Å². The number of carbonyl (C=O) groups is 1. The van der Waals surface area contributed by atoms with Crippen molar-refractivity contribution < 1.29 is 4.79 Å². The molecule has 1 saturated heterocycles. The van der Waals surface area contributed by atoms with Crippen LogP contribution in [0.25, 0.3) is 0 Å². The lowest BCUT2D eigenvalue weighted by Gasteiger charge is -2.36. The summed E-state index contributed by atoms with van der Waals surface area (Å²) in [7, 11) is 0. The number of fused-ring (bicyclic) bond motifs is 1. The number of piperidine rings is 1. The molecule has 2 unspecified atom stereocenters. The number of likely N-dealkylation sites (tertiary alicyclic amines) is 1. The van der Waals surface area contributed by atoms with Crippen LogP contribution >= 0.6 is 0 Å². The van der Waals surface area contributed by atoms with E-state index in [9.17, 15) is 4.79 Å². The Bertz CT molecular complexity index is 602. The fourth-order valence-corrected chi connectivity index (χ4v) is 4.44. The van der Waals surface area contributed by atoms with Gasteiger partial charge in [0.15, 0.2) is 0 Å². The van der Waals surface area contributed by atoms with Crippen LogP contribution < -0.4 is 5.32 Å². The Balaban J connectivity index is 1.59. The Morgan fingerprint density at radius 3 is 2.52 bits per heavy atom. The van der Waals surface area contributed by atoms with Crippen molar-refractivity contribution in [3.05, 3.63) is 29.3 Å². The van der Waals surface area contributed by atoms with Crippen molar-refractivity contribution >= 4 is 11.6 Å². The second kappa shape index (κ2) is 7.90. The topological polar surface area (TPSA) is 32.3 Å². The van der Waals surface area contributed by atoms with E-state index in [0.717, 1.165) is 18.0 Å². The molecule has 0 saturated carbocycles. The van der Waals surface area contributed by atoms with E-state index in [1.165, 1.54) is 49.9 Å². The smallest absolute Gasteiger partial charge is 0.231 e. The highest BCUT2D eigenvalue weighted by molar-refractivity contribution is 6.02. The van der Waals surface area contributed by atoms with Crippen LogP contribution in [-0.4, -0.2) is 29.9 Å². The van der Waals surface area contributed by atoms with Crippen LogP contribution in [0, 0.1) is 5.92 Å². The van der Waals surface area contributed by atoms with Crippen LogP contribution in [0.3, 0.4) is 0 Å². The maximum atomic E-state index is 12.1. The standard InChI is InChI=1S/C22H34N2O/c1-5-19-20-9-8-18(14-21(20)23-22(19)25)17-10-12-24(13-11-17)16(4)7-6-15(2)3/h8-9,14-17,19H,5-7,10-13H2,1-4H3,(H,23,25). The summed E-state index contributed by atoms with van der Waals surface area (Å²) in [5.74, 6) is 1.65. The number of benzene rings is 1. The molecule has 1 aromatic carbocycles. The minimum atomic E-state index is 0.0488. The van der Waals surface area contributed by atoms with Gasteiger partial charge in [-0.3, -0.25) is 4.79 Å². The minimum Gasteiger partial charge on any atom is -0.325 e. The average Bonchev–Trinajstić information content (AvgIpc) is 2.93. The quantitative estimate of drug-likeness (QED) is 0.776. The lowest BCUT2D eigenvalue weighted by Crippen LogP contribution is -2.39. The first-order chi connectivity index (χ1) is 12.0. The van der Waals surface area contributed by atoms with Crippen LogP contribution in [0.5, 0.6) is 0 Å². The molecule has 0 aromatic heterocycles. The number of nitrogens with one attached hydrogen (secondary N) is 1. The zero-order valence-electron chi connectivity index (χ0n) is 16.3. The highest BCUT2D eigenvalue weighted by atomic mass is 16.2. The van der Waals surface area contributed by atoms with Gasteiger partial charge < -0.3 is 10.2 Å². The van der Waals surface area contributed by atoms with Crippen LogP contribution in [0.2, 0.25) is 0 Å². The highest BCUT2D eigenvalue weighted by Gasteiger charge is 2.30. The third-order valence-electron chi connectivity index (χ3n) is 6.22. The Kier molecular flexibility index (Phi) is 5.83. The minimum absolute atomic E-state index is 0.0488. The van der Waals surface area contributed by atoms with Gasteiger partial charge in [0.25, 0.3) is 0 Å². The Labute approximate surface area is 153 Å².